The summed E-state index contributed by atoms with van der Waals surface area (Å²) < 4.78 is 0. The maximum Gasteiger partial charge on any atom is 0.306 e. The van der Waals surface area contributed by atoms with Gasteiger partial charge in [-0.1, -0.05) is 31.2 Å². The predicted molar refractivity (Wildman–Crippen MR) is 75.2 cm³/mol. The highest BCUT2D eigenvalue weighted by Crippen LogP contribution is 2.50. The van der Waals surface area contributed by atoms with E-state index in [1.807, 2.05) is 6.92 Å². The molecule has 102 valence electrons. The van der Waals surface area contributed by atoms with Crippen LogP contribution in [0.2, 0.25) is 0 Å². The summed E-state index contributed by atoms with van der Waals surface area (Å²) >= 11 is 0. The molecule has 2 nitrogen and oxygen atoms in total. The van der Waals surface area contributed by atoms with Crippen LogP contribution in [0.5, 0.6) is 0 Å². The van der Waals surface area contributed by atoms with Crippen LogP contribution in [-0.4, -0.2) is 11.1 Å². The largest absolute Gasteiger partial charge is 0.481 e. The molecule has 0 bridgehead atoms. The Hall–Kier alpha value is -1.31. The number of benzene rings is 1. The summed E-state index contributed by atoms with van der Waals surface area (Å²) in [6.45, 7) is 1.87. The van der Waals surface area contributed by atoms with Crippen LogP contribution in [0.15, 0.2) is 24.3 Å². The highest BCUT2D eigenvalue weighted by Gasteiger charge is 2.42. The smallest absolute Gasteiger partial charge is 0.306 e. The fourth-order valence-electron chi connectivity index (χ4n) is 4.18. The molecule has 3 rings (SSSR count). The topological polar surface area (TPSA) is 37.3 Å². The van der Waals surface area contributed by atoms with E-state index in [9.17, 15) is 4.79 Å². The average molecular weight is 258 g/mol. The summed E-state index contributed by atoms with van der Waals surface area (Å²) in [5.74, 6) is -0.447. The summed E-state index contributed by atoms with van der Waals surface area (Å²) in [7, 11) is 0. The average Bonchev–Trinajstić information content (AvgIpc) is 2.78. The molecular weight excluding hydrogens is 236 g/mol. The minimum atomic E-state index is -0.632. The standard InChI is InChI=1S/C17H22O2/c1-12(16(18)19)13-6-9-17(10-7-13)11-8-14-4-2-3-5-15(14)17/h2-5,12-13H,6-11H2,1H3,(H,18,19)/t12-,13?,17?/m1/s1. The maximum absolute atomic E-state index is 11.1. The molecule has 0 saturated heterocycles. The van der Waals surface area contributed by atoms with Gasteiger partial charge in [0.1, 0.15) is 0 Å². The van der Waals surface area contributed by atoms with Gasteiger partial charge >= 0.3 is 5.97 Å². The summed E-state index contributed by atoms with van der Waals surface area (Å²) in [6.07, 6.45) is 6.96. The first-order valence-corrected chi connectivity index (χ1v) is 7.44. The zero-order valence-electron chi connectivity index (χ0n) is 11.6. The van der Waals surface area contributed by atoms with Gasteiger partial charge in [-0.3, -0.25) is 4.79 Å². The van der Waals surface area contributed by atoms with Gasteiger partial charge in [-0.15, -0.1) is 0 Å². The molecule has 0 amide bonds. The number of fused-ring (bicyclic) bond motifs is 2. The van der Waals surface area contributed by atoms with Crippen molar-refractivity contribution >= 4 is 5.97 Å². The van der Waals surface area contributed by atoms with Crippen LogP contribution in [0, 0.1) is 11.8 Å². The fourth-order valence-corrected chi connectivity index (χ4v) is 4.18. The van der Waals surface area contributed by atoms with E-state index in [1.165, 1.54) is 31.2 Å². The Balaban J connectivity index is 1.76. The van der Waals surface area contributed by atoms with Crippen molar-refractivity contribution < 1.29 is 9.90 Å². The lowest BCUT2D eigenvalue weighted by atomic mass is 9.65. The number of aryl methyl sites for hydroxylation is 1. The number of hydrogen-bond acceptors (Lipinski definition) is 1. The number of hydrogen-bond donors (Lipinski definition) is 1. The SMILES string of the molecule is C[C@@H](C(=O)O)C1CCC2(CCc3ccccc32)CC1. The van der Waals surface area contributed by atoms with E-state index >= 15 is 0 Å². The first-order chi connectivity index (χ1) is 9.12. The minimum absolute atomic E-state index is 0.186. The molecule has 1 N–H and O–H groups in total. The summed E-state index contributed by atoms with van der Waals surface area (Å²) in [6, 6.07) is 8.84. The van der Waals surface area contributed by atoms with Gasteiger partial charge in [0.2, 0.25) is 0 Å². The molecule has 2 aliphatic carbocycles. The molecule has 19 heavy (non-hydrogen) atoms. The second-order valence-corrected chi connectivity index (χ2v) is 6.40. The van der Waals surface area contributed by atoms with Gasteiger partial charge in [0.05, 0.1) is 5.92 Å². The zero-order chi connectivity index (χ0) is 13.5. The molecule has 1 aromatic rings. The summed E-state index contributed by atoms with van der Waals surface area (Å²) in [5, 5.41) is 9.15. The van der Waals surface area contributed by atoms with Gasteiger partial charge < -0.3 is 5.11 Å². The van der Waals surface area contributed by atoms with E-state index < -0.39 is 5.97 Å². The van der Waals surface area contributed by atoms with Crippen molar-refractivity contribution in [3.63, 3.8) is 0 Å². The molecule has 0 aromatic heterocycles. The molecule has 1 spiro atoms. The molecule has 0 aliphatic heterocycles. The van der Waals surface area contributed by atoms with Gasteiger partial charge in [-0.2, -0.15) is 0 Å². The maximum atomic E-state index is 11.1. The normalized spacial score (nSPS) is 31.1. The first-order valence-electron chi connectivity index (χ1n) is 7.44. The Morgan fingerprint density at radius 2 is 1.95 bits per heavy atom. The van der Waals surface area contributed by atoms with Crippen LogP contribution in [0.25, 0.3) is 0 Å². The van der Waals surface area contributed by atoms with Crippen LogP contribution in [0.1, 0.15) is 50.2 Å². The Kier molecular flexibility index (Phi) is 3.12. The van der Waals surface area contributed by atoms with Crippen molar-refractivity contribution in [2.45, 2.75) is 50.9 Å². The van der Waals surface area contributed by atoms with E-state index in [-0.39, 0.29) is 5.92 Å². The third-order valence-electron chi connectivity index (χ3n) is 5.55. The van der Waals surface area contributed by atoms with Crippen LogP contribution in [0.3, 0.4) is 0 Å². The summed E-state index contributed by atoms with van der Waals surface area (Å²) in [4.78, 5) is 11.1. The van der Waals surface area contributed by atoms with Gasteiger partial charge in [0, 0.05) is 0 Å². The molecular formula is C17H22O2. The molecule has 0 unspecified atom stereocenters. The molecule has 1 atom stereocenters. The quantitative estimate of drug-likeness (QED) is 0.876. The lowest BCUT2D eigenvalue weighted by Crippen LogP contribution is -2.33. The Morgan fingerprint density at radius 3 is 2.63 bits per heavy atom. The summed E-state index contributed by atoms with van der Waals surface area (Å²) in [5.41, 5.74) is 3.44. The molecule has 2 heteroatoms. The number of aliphatic carboxylic acids is 1. The monoisotopic (exact) mass is 258 g/mol. The lowest BCUT2D eigenvalue weighted by Gasteiger charge is -2.39. The van der Waals surface area contributed by atoms with Crippen LogP contribution < -0.4 is 0 Å². The third-order valence-corrected chi connectivity index (χ3v) is 5.55. The van der Waals surface area contributed by atoms with E-state index in [0.717, 1.165) is 12.8 Å². The molecule has 1 saturated carbocycles. The molecule has 1 aromatic carbocycles. The van der Waals surface area contributed by atoms with E-state index in [4.69, 9.17) is 5.11 Å². The minimum Gasteiger partial charge on any atom is -0.481 e. The van der Waals surface area contributed by atoms with Crippen molar-refractivity contribution in [1.29, 1.82) is 0 Å². The van der Waals surface area contributed by atoms with Crippen molar-refractivity contribution in [3.8, 4) is 0 Å². The van der Waals surface area contributed by atoms with Gasteiger partial charge in [0.25, 0.3) is 0 Å². The fraction of sp³-hybridized carbons (Fsp3) is 0.588. The predicted octanol–water partition coefficient (Wildman–Crippen LogP) is 3.78. The molecule has 0 heterocycles. The number of rotatable bonds is 2. The zero-order valence-corrected chi connectivity index (χ0v) is 11.6. The Morgan fingerprint density at radius 1 is 1.26 bits per heavy atom. The van der Waals surface area contributed by atoms with Crippen molar-refractivity contribution in [3.05, 3.63) is 35.4 Å². The Labute approximate surface area is 114 Å². The van der Waals surface area contributed by atoms with Crippen molar-refractivity contribution in [2.75, 3.05) is 0 Å². The first kappa shape index (κ1) is 12.7. The molecule has 1 fully saturated rings. The van der Waals surface area contributed by atoms with Crippen molar-refractivity contribution in [1.82, 2.24) is 0 Å². The van der Waals surface area contributed by atoms with Gasteiger partial charge in [-0.25, -0.2) is 0 Å². The second kappa shape index (κ2) is 4.66. The van der Waals surface area contributed by atoms with E-state index in [1.54, 1.807) is 5.56 Å². The number of carbonyl (C=O) groups is 1. The second-order valence-electron chi connectivity index (χ2n) is 6.40. The van der Waals surface area contributed by atoms with Gasteiger partial charge in [-0.05, 0) is 61.0 Å². The van der Waals surface area contributed by atoms with Crippen LogP contribution in [0.4, 0.5) is 0 Å². The highest BCUT2D eigenvalue weighted by atomic mass is 16.4. The van der Waals surface area contributed by atoms with Gasteiger partial charge in [0.15, 0.2) is 0 Å². The van der Waals surface area contributed by atoms with Crippen molar-refractivity contribution in [2.24, 2.45) is 11.8 Å². The lowest BCUT2D eigenvalue weighted by molar-refractivity contribution is -0.143. The van der Waals surface area contributed by atoms with Crippen LogP contribution >= 0.6 is 0 Å². The number of carboxylic acid groups (broad SMARTS) is 1. The molecule has 2 aliphatic rings. The number of carboxylic acids is 1. The molecule has 0 radical (unpaired) electrons. The van der Waals surface area contributed by atoms with E-state index in [0.29, 0.717) is 11.3 Å². The van der Waals surface area contributed by atoms with Crippen LogP contribution in [-0.2, 0) is 16.6 Å². The van der Waals surface area contributed by atoms with E-state index in [2.05, 4.69) is 24.3 Å². The highest BCUT2D eigenvalue weighted by molar-refractivity contribution is 5.69. The Bertz CT molecular complexity index is 484. The third kappa shape index (κ3) is 2.07.